The molecule has 1 N–H and O–H groups in total. The Kier molecular flexibility index (Phi) is 5.90. The molecule has 6 heteroatoms. The number of hydrogen-bond donors (Lipinski definition) is 1. The molecule has 0 aliphatic heterocycles. The molecule has 0 aromatic carbocycles. The van der Waals surface area contributed by atoms with Crippen LogP contribution >= 0.6 is 0 Å². The third-order valence-electron chi connectivity index (χ3n) is 2.62. The van der Waals surface area contributed by atoms with Gasteiger partial charge in [-0.25, -0.2) is 4.98 Å². The summed E-state index contributed by atoms with van der Waals surface area (Å²) >= 11 is 0. The van der Waals surface area contributed by atoms with Gasteiger partial charge in [-0.15, -0.1) is 0 Å². The Morgan fingerprint density at radius 1 is 1.39 bits per heavy atom. The average Bonchev–Trinajstić information content (AvgIpc) is 2.79. The quantitative estimate of drug-likeness (QED) is 0.578. The van der Waals surface area contributed by atoms with Crippen LogP contribution in [0.25, 0.3) is 0 Å². The number of amides is 1. The average molecular weight is 253 g/mol. The lowest BCUT2D eigenvalue weighted by molar-refractivity contribution is -0.140. The van der Waals surface area contributed by atoms with Gasteiger partial charge in [0.15, 0.2) is 0 Å². The number of methoxy groups -OCH3 is 1. The zero-order valence-corrected chi connectivity index (χ0v) is 10.8. The Balaban J connectivity index is 2.10. The molecule has 0 saturated carbocycles. The van der Waals surface area contributed by atoms with E-state index < -0.39 is 0 Å². The molecule has 0 bridgehead atoms. The van der Waals surface area contributed by atoms with Crippen molar-refractivity contribution in [1.82, 2.24) is 14.9 Å². The fourth-order valence-electron chi connectivity index (χ4n) is 1.54. The molecule has 0 aliphatic rings. The van der Waals surface area contributed by atoms with Crippen molar-refractivity contribution >= 4 is 11.9 Å². The Hall–Kier alpha value is -1.85. The molecule has 0 spiro atoms. The zero-order chi connectivity index (χ0) is 13.4. The van der Waals surface area contributed by atoms with Crippen LogP contribution in [0.1, 0.15) is 36.2 Å². The van der Waals surface area contributed by atoms with Crippen LogP contribution < -0.4 is 5.32 Å². The second-order valence-corrected chi connectivity index (χ2v) is 4.03. The van der Waals surface area contributed by atoms with Gasteiger partial charge in [0, 0.05) is 20.0 Å². The number of hydrogen-bond acceptors (Lipinski definition) is 4. The topological polar surface area (TPSA) is 73.2 Å². The summed E-state index contributed by atoms with van der Waals surface area (Å²) in [6.45, 7) is 0.602. The highest BCUT2D eigenvalue weighted by atomic mass is 16.5. The fourth-order valence-corrected chi connectivity index (χ4v) is 1.54. The lowest BCUT2D eigenvalue weighted by atomic mass is 10.2. The van der Waals surface area contributed by atoms with E-state index in [9.17, 15) is 9.59 Å². The number of esters is 1. The lowest BCUT2D eigenvalue weighted by Gasteiger charge is -2.05. The number of carbonyl (C=O) groups is 2. The zero-order valence-electron chi connectivity index (χ0n) is 10.8. The smallest absolute Gasteiger partial charge is 0.305 e. The van der Waals surface area contributed by atoms with Gasteiger partial charge in [0.05, 0.1) is 19.6 Å². The van der Waals surface area contributed by atoms with Crippen molar-refractivity contribution in [2.75, 3.05) is 13.7 Å². The Bertz CT molecular complexity index is 401. The van der Waals surface area contributed by atoms with Crippen LogP contribution in [0, 0.1) is 0 Å². The molecule has 1 aromatic rings. The predicted octanol–water partition coefficient (Wildman–Crippen LogP) is 0.883. The minimum absolute atomic E-state index is 0.122. The van der Waals surface area contributed by atoms with Crippen molar-refractivity contribution in [3.63, 3.8) is 0 Å². The number of imidazole rings is 1. The van der Waals surface area contributed by atoms with Crippen molar-refractivity contribution in [1.29, 1.82) is 0 Å². The highest BCUT2D eigenvalue weighted by Crippen LogP contribution is 2.01. The van der Waals surface area contributed by atoms with Crippen molar-refractivity contribution < 1.29 is 14.3 Å². The van der Waals surface area contributed by atoms with Gasteiger partial charge in [-0.05, 0) is 12.8 Å². The van der Waals surface area contributed by atoms with Gasteiger partial charge in [-0.3, -0.25) is 9.59 Å². The van der Waals surface area contributed by atoms with Crippen LogP contribution in [0.15, 0.2) is 12.5 Å². The summed E-state index contributed by atoms with van der Waals surface area (Å²) < 4.78 is 6.21. The number of unbranched alkanes of at least 4 members (excludes halogenated alkanes) is 2. The Morgan fingerprint density at radius 2 is 2.17 bits per heavy atom. The van der Waals surface area contributed by atoms with Gasteiger partial charge < -0.3 is 14.6 Å². The van der Waals surface area contributed by atoms with Crippen molar-refractivity contribution in [2.24, 2.45) is 7.05 Å². The number of nitrogens with one attached hydrogen (secondary N) is 1. The van der Waals surface area contributed by atoms with E-state index in [1.54, 1.807) is 17.9 Å². The molecular formula is C12H19N3O3. The minimum atomic E-state index is -0.186. The first-order valence-electron chi connectivity index (χ1n) is 5.96. The first-order chi connectivity index (χ1) is 8.65. The molecule has 0 unspecified atom stereocenters. The molecule has 0 saturated heterocycles. The summed E-state index contributed by atoms with van der Waals surface area (Å²) in [5.41, 5.74) is 0.546. The van der Waals surface area contributed by atoms with E-state index in [1.807, 2.05) is 0 Å². The van der Waals surface area contributed by atoms with E-state index in [0.717, 1.165) is 19.3 Å². The van der Waals surface area contributed by atoms with E-state index in [-0.39, 0.29) is 11.9 Å². The van der Waals surface area contributed by atoms with Crippen LogP contribution in [0.4, 0.5) is 0 Å². The molecule has 0 aliphatic carbocycles. The van der Waals surface area contributed by atoms with E-state index in [1.165, 1.54) is 13.3 Å². The van der Waals surface area contributed by atoms with E-state index in [2.05, 4.69) is 15.0 Å². The first kappa shape index (κ1) is 14.2. The molecule has 18 heavy (non-hydrogen) atoms. The maximum absolute atomic E-state index is 11.7. The molecule has 100 valence electrons. The number of carbonyl (C=O) groups excluding carboxylic acids is 2. The minimum Gasteiger partial charge on any atom is -0.469 e. The van der Waals surface area contributed by atoms with Crippen LogP contribution in [0.5, 0.6) is 0 Å². The van der Waals surface area contributed by atoms with Crippen LogP contribution in [0.2, 0.25) is 0 Å². The molecule has 1 amide bonds. The summed E-state index contributed by atoms with van der Waals surface area (Å²) in [5.74, 6) is -0.308. The summed E-state index contributed by atoms with van der Waals surface area (Å²) in [6.07, 6.45) is 6.08. The van der Waals surface area contributed by atoms with Gasteiger partial charge in [0.25, 0.3) is 5.91 Å². The SMILES string of the molecule is COC(=O)CCCCCNC(=O)c1cncn1C. The number of ether oxygens (including phenoxy) is 1. The molecule has 1 aromatic heterocycles. The number of nitrogens with zero attached hydrogens (tertiary/aromatic N) is 2. The normalized spacial score (nSPS) is 10.1. The van der Waals surface area contributed by atoms with Gasteiger partial charge in [-0.1, -0.05) is 6.42 Å². The molecule has 0 atom stereocenters. The molecule has 0 fully saturated rings. The summed E-state index contributed by atoms with van der Waals surface area (Å²) in [6, 6.07) is 0. The van der Waals surface area contributed by atoms with E-state index >= 15 is 0 Å². The van der Waals surface area contributed by atoms with Crippen molar-refractivity contribution in [2.45, 2.75) is 25.7 Å². The first-order valence-corrected chi connectivity index (χ1v) is 5.96. The van der Waals surface area contributed by atoms with Crippen molar-refractivity contribution in [3.05, 3.63) is 18.2 Å². The largest absolute Gasteiger partial charge is 0.469 e. The van der Waals surface area contributed by atoms with Crippen LogP contribution in [-0.4, -0.2) is 35.1 Å². The lowest BCUT2D eigenvalue weighted by Crippen LogP contribution is -2.26. The maximum atomic E-state index is 11.7. The van der Waals surface area contributed by atoms with Gasteiger partial charge >= 0.3 is 5.97 Å². The summed E-state index contributed by atoms with van der Waals surface area (Å²) in [4.78, 5) is 26.4. The second kappa shape index (κ2) is 7.47. The van der Waals surface area contributed by atoms with Gasteiger partial charge in [0.1, 0.15) is 5.69 Å². The summed E-state index contributed by atoms with van der Waals surface area (Å²) in [5, 5.41) is 2.81. The Morgan fingerprint density at radius 3 is 2.78 bits per heavy atom. The third kappa shape index (κ3) is 4.57. The molecule has 1 heterocycles. The monoisotopic (exact) mass is 253 g/mol. The summed E-state index contributed by atoms with van der Waals surface area (Å²) in [7, 11) is 3.16. The number of aryl methyl sites for hydroxylation is 1. The van der Waals surface area contributed by atoms with Gasteiger partial charge in [0.2, 0.25) is 0 Å². The molecule has 0 radical (unpaired) electrons. The van der Waals surface area contributed by atoms with Gasteiger partial charge in [-0.2, -0.15) is 0 Å². The van der Waals surface area contributed by atoms with Crippen LogP contribution in [-0.2, 0) is 16.6 Å². The maximum Gasteiger partial charge on any atom is 0.305 e. The predicted molar refractivity (Wildman–Crippen MR) is 66.0 cm³/mol. The third-order valence-corrected chi connectivity index (χ3v) is 2.62. The number of aromatic nitrogens is 2. The van der Waals surface area contributed by atoms with E-state index in [0.29, 0.717) is 18.7 Å². The standard InChI is InChI=1S/C12H19N3O3/c1-15-9-13-8-10(15)12(17)14-7-5-3-4-6-11(16)18-2/h8-9H,3-7H2,1-2H3,(H,14,17). The van der Waals surface area contributed by atoms with Crippen LogP contribution in [0.3, 0.4) is 0 Å². The number of rotatable bonds is 7. The molecule has 6 nitrogen and oxygen atoms in total. The van der Waals surface area contributed by atoms with Crippen molar-refractivity contribution in [3.8, 4) is 0 Å². The highest BCUT2D eigenvalue weighted by molar-refractivity contribution is 5.92. The molecular weight excluding hydrogens is 234 g/mol. The fraction of sp³-hybridized carbons (Fsp3) is 0.583. The Labute approximate surface area is 106 Å². The molecule has 1 rings (SSSR count). The highest BCUT2D eigenvalue weighted by Gasteiger charge is 2.08. The second-order valence-electron chi connectivity index (χ2n) is 4.03. The van der Waals surface area contributed by atoms with E-state index in [4.69, 9.17) is 0 Å².